The second-order valence-electron chi connectivity index (χ2n) is 5.10. The number of benzene rings is 1. The van der Waals surface area contributed by atoms with Gasteiger partial charge in [-0.1, -0.05) is 17.7 Å². The summed E-state index contributed by atoms with van der Waals surface area (Å²) >= 11 is 6.02. The first kappa shape index (κ1) is 16.9. The number of hydrogen-bond acceptors (Lipinski definition) is 6. The van der Waals surface area contributed by atoms with Crippen molar-refractivity contribution in [3.05, 3.63) is 65.8 Å². The van der Waals surface area contributed by atoms with Gasteiger partial charge in [0.2, 0.25) is 0 Å². The minimum absolute atomic E-state index is 0.304. The van der Waals surface area contributed by atoms with E-state index in [2.05, 4.69) is 20.3 Å². The molecule has 0 aliphatic rings. The van der Waals surface area contributed by atoms with Crippen molar-refractivity contribution < 1.29 is 9.53 Å². The van der Waals surface area contributed by atoms with Crippen LogP contribution in [0.15, 0.2) is 55.2 Å². The summed E-state index contributed by atoms with van der Waals surface area (Å²) in [5.41, 5.74) is 3.14. The molecule has 0 saturated heterocycles. The molecular weight excluding hydrogens is 340 g/mol. The average Bonchev–Trinajstić information content (AvgIpc) is 2.62. The van der Waals surface area contributed by atoms with Gasteiger partial charge < -0.3 is 10.1 Å². The van der Waals surface area contributed by atoms with Crippen LogP contribution in [-0.2, 0) is 4.74 Å². The van der Waals surface area contributed by atoms with Gasteiger partial charge in [0.05, 0.1) is 29.7 Å². The first-order valence-electron chi connectivity index (χ1n) is 7.62. The lowest BCUT2D eigenvalue weighted by Crippen LogP contribution is -2.05. The molecule has 0 amide bonds. The number of carbonyl (C=O) groups excluding carboxylic acids is 1. The van der Waals surface area contributed by atoms with Crippen LogP contribution in [0.2, 0.25) is 5.02 Å². The number of ether oxygens (including phenoxy) is 1. The van der Waals surface area contributed by atoms with Crippen molar-refractivity contribution in [1.82, 2.24) is 15.0 Å². The summed E-state index contributed by atoms with van der Waals surface area (Å²) in [6.07, 6.45) is 6.19. The Balaban J connectivity index is 1.96. The summed E-state index contributed by atoms with van der Waals surface area (Å²) in [4.78, 5) is 24.4. The van der Waals surface area contributed by atoms with Gasteiger partial charge in [0.15, 0.2) is 0 Å². The summed E-state index contributed by atoms with van der Waals surface area (Å²) in [5, 5.41) is 3.85. The Morgan fingerprint density at radius 2 is 2.08 bits per heavy atom. The molecule has 25 heavy (non-hydrogen) atoms. The van der Waals surface area contributed by atoms with Gasteiger partial charge in [-0.25, -0.2) is 14.8 Å². The van der Waals surface area contributed by atoms with E-state index in [1.807, 2.05) is 12.1 Å². The monoisotopic (exact) mass is 354 g/mol. The lowest BCUT2D eigenvalue weighted by Gasteiger charge is -2.11. The molecule has 0 aliphatic heterocycles. The number of hydrogen-bond donors (Lipinski definition) is 1. The van der Waals surface area contributed by atoms with Crippen LogP contribution in [0.25, 0.3) is 11.3 Å². The van der Waals surface area contributed by atoms with Crippen molar-refractivity contribution >= 4 is 28.9 Å². The van der Waals surface area contributed by atoms with Gasteiger partial charge >= 0.3 is 5.97 Å². The largest absolute Gasteiger partial charge is 0.462 e. The maximum Gasteiger partial charge on any atom is 0.339 e. The Labute approximate surface area is 149 Å². The predicted octanol–water partition coefficient (Wildman–Crippen LogP) is 4.11. The van der Waals surface area contributed by atoms with E-state index in [0.29, 0.717) is 34.1 Å². The second kappa shape index (κ2) is 7.72. The zero-order valence-electron chi connectivity index (χ0n) is 13.4. The van der Waals surface area contributed by atoms with Crippen molar-refractivity contribution in [2.24, 2.45) is 0 Å². The number of aromatic nitrogens is 3. The Kier molecular flexibility index (Phi) is 5.20. The van der Waals surface area contributed by atoms with E-state index in [1.54, 1.807) is 37.5 Å². The molecule has 3 rings (SSSR count). The number of anilines is 2. The molecule has 0 fully saturated rings. The summed E-state index contributed by atoms with van der Waals surface area (Å²) in [6.45, 7) is 2.06. The molecule has 7 heteroatoms. The zero-order chi connectivity index (χ0) is 17.6. The molecule has 0 unspecified atom stereocenters. The molecule has 126 valence electrons. The van der Waals surface area contributed by atoms with Gasteiger partial charge in [-0.2, -0.15) is 0 Å². The molecule has 3 aromatic rings. The second-order valence-corrected chi connectivity index (χ2v) is 5.54. The van der Waals surface area contributed by atoms with Crippen molar-refractivity contribution in [1.29, 1.82) is 0 Å². The number of esters is 1. The summed E-state index contributed by atoms with van der Waals surface area (Å²) in [6, 6.07) is 9.01. The van der Waals surface area contributed by atoms with E-state index in [4.69, 9.17) is 16.3 Å². The maximum absolute atomic E-state index is 11.9. The quantitative estimate of drug-likeness (QED) is 0.695. The molecule has 0 bridgehead atoms. The topological polar surface area (TPSA) is 77.0 Å². The fourth-order valence-electron chi connectivity index (χ4n) is 2.27. The summed E-state index contributed by atoms with van der Waals surface area (Å²) < 4.78 is 5.02. The normalized spacial score (nSPS) is 10.3. The van der Waals surface area contributed by atoms with Gasteiger partial charge in [-0.15, -0.1) is 0 Å². The van der Waals surface area contributed by atoms with E-state index in [-0.39, 0.29) is 0 Å². The summed E-state index contributed by atoms with van der Waals surface area (Å²) in [7, 11) is 0. The van der Waals surface area contributed by atoms with Gasteiger partial charge in [0, 0.05) is 28.7 Å². The Hall–Kier alpha value is -2.99. The highest BCUT2D eigenvalue weighted by Crippen LogP contribution is 2.28. The fraction of sp³-hybridized carbons (Fsp3) is 0.111. The molecule has 0 radical (unpaired) electrons. The summed E-state index contributed by atoms with van der Waals surface area (Å²) in [5.74, 6) is -0.421. The molecule has 6 nitrogen and oxygen atoms in total. The molecule has 1 aromatic carbocycles. The van der Waals surface area contributed by atoms with Crippen molar-refractivity contribution in [3.63, 3.8) is 0 Å². The highest BCUT2D eigenvalue weighted by molar-refractivity contribution is 6.30. The predicted molar refractivity (Wildman–Crippen MR) is 96.0 cm³/mol. The molecule has 2 aromatic heterocycles. The van der Waals surface area contributed by atoms with Crippen LogP contribution in [0.4, 0.5) is 11.4 Å². The van der Waals surface area contributed by atoms with E-state index in [0.717, 1.165) is 5.69 Å². The van der Waals surface area contributed by atoms with Crippen molar-refractivity contribution in [3.8, 4) is 11.3 Å². The number of halogens is 1. The van der Waals surface area contributed by atoms with Gasteiger partial charge in [-0.3, -0.25) is 4.98 Å². The highest BCUT2D eigenvalue weighted by atomic mass is 35.5. The van der Waals surface area contributed by atoms with Crippen LogP contribution in [0.1, 0.15) is 17.3 Å². The third-order valence-electron chi connectivity index (χ3n) is 3.34. The SMILES string of the molecule is CCOC(=O)c1cncc(-c2ncncc2Nc2cccc(Cl)c2)c1. The van der Waals surface area contributed by atoms with Crippen molar-refractivity contribution in [2.75, 3.05) is 11.9 Å². The molecular formula is C18H15ClN4O2. The fourth-order valence-corrected chi connectivity index (χ4v) is 2.46. The molecule has 1 N–H and O–H groups in total. The van der Waals surface area contributed by atoms with Crippen LogP contribution in [0.5, 0.6) is 0 Å². The number of carbonyl (C=O) groups is 1. The lowest BCUT2D eigenvalue weighted by atomic mass is 10.1. The van der Waals surface area contributed by atoms with Crippen LogP contribution >= 0.6 is 11.6 Å². The van der Waals surface area contributed by atoms with Crippen LogP contribution in [0, 0.1) is 0 Å². The number of nitrogens with one attached hydrogen (secondary N) is 1. The van der Waals surface area contributed by atoms with E-state index in [9.17, 15) is 4.79 Å². The first-order chi connectivity index (χ1) is 12.2. The highest BCUT2D eigenvalue weighted by Gasteiger charge is 2.12. The molecule has 0 spiro atoms. The number of rotatable bonds is 5. The zero-order valence-corrected chi connectivity index (χ0v) is 14.2. The van der Waals surface area contributed by atoms with Crippen LogP contribution in [-0.4, -0.2) is 27.5 Å². The smallest absolute Gasteiger partial charge is 0.339 e. The minimum atomic E-state index is -0.421. The van der Waals surface area contributed by atoms with Crippen LogP contribution < -0.4 is 5.32 Å². The standard InChI is InChI=1S/C18H15ClN4O2/c1-2-25-18(24)13-6-12(8-20-9-13)17-16(10-21-11-22-17)23-15-5-3-4-14(19)7-15/h3-11,23H,2H2,1H3. The average molecular weight is 355 g/mol. The molecule has 0 saturated carbocycles. The van der Waals surface area contributed by atoms with Crippen molar-refractivity contribution in [2.45, 2.75) is 6.92 Å². The van der Waals surface area contributed by atoms with Crippen LogP contribution in [0.3, 0.4) is 0 Å². The minimum Gasteiger partial charge on any atom is -0.462 e. The van der Waals surface area contributed by atoms with E-state index >= 15 is 0 Å². The van der Waals surface area contributed by atoms with Gasteiger partial charge in [-0.05, 0) is 31.2 Å². The van der Waals surface area contributed by atoms with E-state index < -0.39 is 5.97 Å². The van der Waals surface area contributed by atoms with Gasteiger partial charge in [0.1, 0.15) is 6.33 Å². The number of pyridine rings is 1. The maximum atomic E-state index is 11.9. The molecule has 0 atom stereocenters. The molecule has 2 heterocycles. The van der Waals surface area contributed by atoms with E-state index in [1.165, 1.54) is 12.5 Å². The van der Waals surface area contributed by atoms with Gasteiger partial charge in [0.25, 0.3) is 0 Å². The third-order valence-corrected chi connectivity index (χ3v) is 3.57. The number of nitrogens with zero attached hydrogens (tertiary/aromatic N) is 3. The Bertz CT molecular complexity index is 902. The molecule has 0 aliphatic carbocycles. The third kappa shape index (κ3) is 4.10. The Morgan fingerprint density at radius 3 is 2.88 bits per heavy atom. The first-order valence-corrected chi connectivity index (χ1v) is 8.00. The lowest BCUT2D eigenvalue weighted by molar-refractivity contribution is 0.0526. The Morgan fingerprint density at radius 1 is 1.20 bits per heavy atom.